The number of nitrogens with two attached hydrogens (primary N) is 1. The molecule has 1 amide bonds. The molecule has 1 aliphatic heterocycles. The van der Waals surface area contributed by atoms with E-state index < -0.39 is 11.6 Å². The van der Waals surface area contributed by atoms with E-state index in [9.17, 15) is 15.0 Å². The van der Waals surface area contributed by atoms with Crippen molar-refractivity contribution in [2.24, 2.45) is 5.73 Å². The molecule has 104 valence electrons. The number of carbonyl (C=O) groups excluding carboxylic acids is 1. The molecule has 0 spiro atoms. The van der Waals surface area contributed by atoms with E-state index in [0.29, 0.717) is 25.9 Å². The van der Waals surface area contributed by atoms with Crippen molar-refractivity contribution in [3.05, 3.63) is 29.8 Å². The maximum atomic E-state index is 12.0. The molecule has 5 nitrogen and oxygen atoms in total. The number of hydrogen-bond acceptors (Lipinski definition) is 4. The molecule has 0 aliphatic carbocycles. The number of aromatic hydroxyl groups is 1. The predicted octanol–water partition coefficient (Wildman–Crippen LogP) is 0.245. The predicted molar refractivity (Wildman–Crippen MR) is 71.6 cm³/mol. The molecule has 19 heavy (non-hydrogen) atoms. The van der Waals surface area contributed by atoms with Crippen molar-refractivity contribution in [1.29, 1.82) is 0 Å². The van der Waals surface area contributed by atoms with Gasteiger partial charge in [0.1, 0.15) is 5.75 Å². The van der Waals surface area contributed by atoms with Gasteiger partial charge in [-0.15, -0.1) is 0 Å². The first kappa shape index (κ1) is 13.8. The van der Waals surface area contributed by atoms with Crippen LogP contribution < -0.4 is 5.73 Å². The molecule has 1 unspecified atom stereocenters. The first-order valence-corrected chi connectivity index (χ1v) is 6.48. The highest BCUT2D eigenvalue weighted by Crippen LogP contribution is 2.24. The molecular weight excluding hydrogens is 244 g/mol. The second-order valence-corrected chi connectivity index (χ2v) is 5.25. The minimum Gasteiger partial charge on any atom is -0.508 e. The molecule has 1 atom stereocenters. The lowest BCUT2D eigenvalue weighted by Crippen LogP contribution is -2.65. The van der Waals surface area contributed by atoms with Crippen LogP contribution in [0.2, 0.25) is 0 Å². The largest absolute Gasteiger partial charge is 0.508 e. The van der Waals surface area contributed by atoms with Crippen molar-refractivity contribution in [3.8, 4) is 5.75 Å². The van der Waals surface area contributed by atoms with Crippen LogP contribution in [0.1, 0.15) is 18.9 Å². The lowest BCUT2D eigenvalue weighted by Gasteiger charge is -2.46. The van der Waals surface area contributed by atoms with Gasteiger partial charge >= 0.3 is 0 Å². The maximum absolute atomic E-state index is 12.0. The van der Waals surface area contributed by atoms with Crippen LogP contribution in [0, 0.1) is 0 Å². The number of aliphatic hydroxyl groups is 1. The van der Waals surface area contributed by atoms with Gasteiger partial charge in [-0.1, -0.05) is 19.1 Å². The third-order valence-corrected chi connectivity index (χ3v) is 3.65. The highest BCUT2D eigenvalue weighted by atomic mass is 16.3. The molecule has 1 saturated heterocycles. The summed E-state index contributed by atoms with van der Waals surface area (Å²) < 4.78 is 0. The molecule has 2 rings (SSSR count). The van der Waals surface area contributed by atoms with Crippen LogP contribution in [0.4, 0.5) is 0 Å². The van der Waals surface area contributed by atoms with Gasteiger partial charge in [-0.05, 0) is 30.5 Å². The molecule has 1 aromatic rings. The summed E-state index contributed by atoms with van der Waals surface area (Å²) in [5.74, 6) is 0.0607. The van der Waals surface area contributed by atoms with Crippen molar-refractivity contribution in [1.82, 2.24) is 4.90 Å². The molecule has 0 aromatic heterocycles. The molecular formula is C14H20N2O3. The Morgan fingerprint density at radius 2 is 2.00 bits per heavy atom. The van der Waals surface area contributed by atoms with Gasteiger partial charge in [0, 0.05) is 0 Å². The zero-order chi connectivity index (χ0) is 14.0. The van der Waals surface area contributed by atoms with Gasteiger partial charge in [0.05, 0.1) is 24.7 Å². The summed E-state index contributed by atoms with van der Waals surface area (Å²) in [5.41, 5.74) is 6.07. The van der Waals surface area contributed by atoms with Crippen LogP contribution in [0.3, 0.4) is 0 Å². The molecule has 1 heterocycles. The number of phenolic OH excluding ortho intramolecular Hbond substituents is 1. The Hall–Kier alpha value is -1.59. The molecule has 1 fully saturated rings. The second-order valence-electron chi connectivity index (χ2n) is 5.25. The summed E-state index contributed by atoms with van der Waals surface area (Å²) in [4.78, 5) is 13.6. The van der Waals surface area contributed by atoms with Gasteiger partial charge < -0.3 is 20.8 Å². The first-order chi connectivity index (χ1) is 8.93. The van der Waals surface area contributed by atoms with Gasteiger partial charge in [-0.25, -0.2) is 0 Å². The van der Waals surface area contributed by atoms with Crippen LogP contribution in [0.25, 0.3) is 0 Å². The SMILES string of the molecule is CCC1(O)CN(C(=O)C(N)Cc2ccc(O)cc2)C1. The first-order valence-electron chi connectivity index (χ1n) is 6.48. The smallest absolute Gasteiger partial charge is 0.240 e. The molecule has 0 bridgehead atoms. The van der Waals surface area contributed by atoms with Crippen LogP contribution in [-0.2, 0) is 11.2 Å². The topological polar surface area (TPSA) is 86.8 Å². The lowest BCUT2D eigenvalue weighted by molar-refractivity contribution is -0.157. The van der Waals surface area contributed by atoms with E-state index in [1.165, 1.54) is 0 Å². The number of amides is 1. The summed E-state index contributed by atoms with van der Waals surface area (Å²) in [6, 6.07) is 6.05. The van der Waals surface area contributed by atoms with Crippen LogP contribution in [-0.4, -0.2) is 45.8 Å². The number of β-amino-alcohol motifs (C(OH)–C–C–N with tert-alkyl or cyclic N) is 1. The number of nitrogens with zero attached hydrogens (tertiary/aromatic N) is 1. The number of hydrogen-bond donors (Lipinski definition) is 3. The molecule has 0 saturated carbocycles. The molecule has 1 aliphatic rings. The highest BCUT2D eigenvalue weighted by Gasteiger charge is 2.43. The van der Waals surface area contributed by atoms with Crippen LogP contribution >= 0.6 is 0 Å². The van der Waals surface area contributed by atoms with Crippen LogP contribution in [0.5, 0.6) is 5.75 Å². The molecule has 4 N–H and O–H groups in total. The average Bonchev–Trinajstić information content (AvgIpc) is 2.37. The van der Waals surface area contributed by atoms with E-state index >= 15 is 0 Å². The van der Waals surface area contributed by atoms with Crippen molar-refractivity contribution in [2.75, 3.05) is 13.1 Å². The monoisotopic (exact) mass is 264 g/mol. The number of carbonyl (C=O) groups is 1. The van der Waals surface area contributed by atoms with E-state index in [1.54, 1.807) is 29.2 Å². The zero-order valence-corrected chi connectivity index (χ0v) is 11.0. The van der Waals surface area contributed by atoms with E-state index in [-0.39, 0.29) is 11.7 Å². The normalized spacial score (nSPS) is 18.8. The fourth-order valence-electron chi connectivity index (χ4n) is 2.25. The lowest BCUT2D eigenvalue weighted by atomic mass is 9.90. The highest BCUT2D eigenvalue weighted by molar-refractivity contribution is 5.83. The molecule has 1 aromatic carbocycles. The Kier molecular flexibility index (Phi) is 3.78. The van der Waals surface area contributed by atoms with E-state index in [0.717, 1.165) is 5.56 Å². The van der Waals surface area contributed by atoms with Crippen molar-refractivity contribution >= 4 is 5.91 Å². The number of benzene rings is 1. The van der Waals surface area contributed by atoms with Crippen molar-refractivity contribution in [3.63, 3.8) is 0 Å². The number of likely N-dealkylation sites (tertiary alicyclic amines) is 1. The summed E-state index contributed by atoms with van der Waals surface area (Å²) in [7, 11) is 0. The van der Waals surface area contributed by atoms with Gasteiger partial charge in [0.15, 0.2) is 0 Å². The second kappa shape index (κ2) is 5.19. The Balaban J connectivity index is 1.88. The third kappa shape index (κ3) is 3.05. The fourth-order valence-corrected chi connectivity index (χ4v) is 2.25. The van der Waals surface area contributed by atoms with E-state index in [2.05, 4.69) is 0 Å². The standard InChI is InChI=1S/C14H20N2O3/c1-2-14(19)8-16(9-14)13(18)12(15)7-10-3-5-11(17)6-4-10/h3-6,12,17,19H,2,7-9,15H2,1H3. The van der Waals surface area contributed by atoms with E-state index in [1.807, 2.05) is 6.92 Å². The van der Waals surface area contributed by atoms with E-state index in [4.69, 9.17) is 5.73 Å². The quantitative estimate of drug-likeness (QED) is 0.727. The third-order valence-electron chi connectivity index (χ3n) is 3.65. The van der Waals surface area contributed by atoms with Gasteiger partial charge in [0.25, 0.3) is 0 Å². The Morgan fingerprint density at radius 3 is 2.53 bits per heavy atom. The summed E-state index contributed by atoms with van der Waals surface area (Å²) >= 11 is 0. The Bertz CT molecular complexity index is 452. The minimum atomic E-state index is -0.728. The Morgan fingerprint density at radius 1 is 1.42 bits per heavy atom. The molecule has 5 heteroatoms. The van der Waals surface area contributed by atoms with Crippen molar-refractivity contribution in [2.45, 2.75) is 31.4 Å². The van der Waals surface area contributed by atoms with Crippen molar-refractivity contribution < 1.29 is 15.0 Å². The summed E-state index contributed by atoms with van der Waals surface area (Å²) in [6.07, 6.45) is 1.07. The zero-order valence-electron chi connectivity index (χ0n) is 11.0. The van der Waals surface area contributed by atoms with Gasteiger partial charge in [-0.3, -0.25) is 4.79 Å². The van der Waals surface area contributed by atoms with Crippen LogP contribution in [0.15, 0.2) is 24.3 Å². The summed E-state index contributed by atoms with van der Waals surface area (Å²) in [5, 5.41) is 19.1. The minimum absolute atomic E-state index is 0.133. The fraction of sp³-hybridized carbons (Fsp3) is 0.500. The maximum Gasteiger partial charge on any atom is 0.240 e. The summed E-state index contributed by atoms with van der Waals surface area (Å²) in [6.45, 7) is 2.63. The number of phenols is 1. The Labute approximate surface area is 112 Å². The number of rotatable bonds is 4. The van der Waals surface area contributed by atoms with Gasteiger partial charge in [-0.2, -0.15) is 0 Å². The average molecular weight is 264 g/mol. The molecule has 0 radical (unpaired) electrons. The van der Waals surface area contributed by atoms with Gasteiger partial charge in [0.2, 0.25) is 5.91 Å².